The van der Waals surface area contributed by atoms with E-state index in [0.29, 0.717) is 0 Å². The molecule has 0 spiro atoms. The summed E-state index contributed by atoms with van der Waals surface area (Å²) in [5, 5.41) is 10.7. The number of aliphatic hydroxyl groups excluding tert-OH is 1. The minimum atomic E-state index is -2.21. The van der Waals surface area contributed by atoms with E-state index in [1.165, 1.54) is 0 Å². The Bertz CT molecular complexity index is 764. The quantitative estimate of drug-likeness (QED) is 0.554. The van der Waals surface area contributed by atoms with Gasteiger partial charge in [-0.15, -0.1) is 0 Å². The van der Waals surface area contributed by atoms with Gasteiger partial charge in [-0.2, -0.15) is 0 Å². The second-order valence-electron chi connectivity index (χ2n) is 9.53. The molecular weight excluding hydrogens is 408 g/mol. The fraction of sp³-hybridized carbons (Fsp3) is 0.667. The molecule has 3 aliphatic heterocycles. The summed E-state index contributed by atoms with van der Waals surface area (Å²) in [5.41, 5.74) is 0.847. The van der Waals surface area contributed by atoms with E-state index in [-0.39, 0.29) is 11.6 Å². The van der Waals surface area contributed by atoms with Crippen LogP contribution in [0.15, 0.2) is 30.3 Å². The molecule has 1 aromatic rings. The van der Waals surface area contributed by atoms with Crippen LogP contribution in [0.3, 0.4) is 0 Å². The van der Waals surface area contributed by atoms with Gasteiger partial charge in [0.1, 0.15) is 37.1 Å². The number of hydrogen-bond acceptors (Lipinski definition) is 8. The standard InChI is InChI=1S/C21H30O8Si/c1-21(2,3)30(4,5)29-18-15-13(22)14-16(17(18)28-20(26-14)27-15)25-19(23)24-11-12-9-7-6-8-10-12/h6-10,13-18,20,22H,11H2,1-5H3/t13-,14-,15-,16+,17+,18+,20+/m0/s1. The van der Waals surface area contributed by atoms with E-state index in [4.69, 9.17) is 28.1 Å². The summed E-state index contributed by atoms with van der Waals surface area (Å²) < 4.78 is 34.4. The van der Waals surface area contributed by atoms with Gasteiger partial charge in [-0.05, 0) is 23.7 Å². The molecule has 1 N–H and O–H groups in total. The Balaban J connectivity index is 1.47. The fourth-order valence-corrected chi connectivity index (χ4v) is 5.04. The molecule has 30 heavy (non-hydrogen) atoms. The monoisotopic (exact) mass is 438 g/mol. The SMILES string of the molecule is CC(C)(C)[Si](C)(C)O[C@H]1[C@@H]2O[C@@H]3O[C@@H]([C@H](O)[C@@H]1O3)[C@H]2OC(=O)OCc1ccccc1. The zero-order valence-corrected chi connectivity index (χ0v) is 18.9. The first-order valence-electron chi connectivity index (χ1n) is 10.3. The minimum absolute atomic E-state index is 0.0475. The van der Waals surface area contributed by atoms with Gasteiger partial charge in [0.15, 0.2) is 14.4 Å². The van der Waals surface area contributed by atoms with E-state index in [0.717, 1.165) is 5.56 Å². The molecule has 0 unspecified atom stereocenters. The van der Waals surface area contributed by atoms with Gasteiger partial charge in [0, 0.05) is 0 Å². The summed E-state index contributed by atoms with van der Waals surface area (Å²) in [6.07, 6.45) is -5.21. The highest BCUT2D eigenvalue weighted by molar-refractivity contribution is 6.74. The van der Waals surface area contributed by atoms with Gasteiger partial charge in [0.05, 0.1) is 0 Å². The molecule has 8 nitrogen and oxygen atoms in total. The Kier molecular flexibility index (Phi) is 5.71. The van der Waals surface area contributed by atoms with E-state index in [1.807, 2.05) is 30.3 Å². The summed E-state index contributed by atoms with van der Waals surface area (Å²) in [5.74, 6) is 0. The molecule has 4 bridgehead atoms. The molecule has 4 fully saturated rings. The molecule has 0 aromatic heterocycles. The molecule has 0 radical (unpaired) electrons. The molecule has 4 aliphatic rings. The maximum atomic E-state index is 12.4. The van der Waals surface area contributed by atoms with Crippen molar-refractivity contribution in [3.63, 3.8) is 0 Å². The van der Waals surface area contributed by atoms with E-state index < -0.39 is 57.6 Å². The minimum Gasteiger partial charge on any atom is -0.429 e. The van der Waals surface area contributed by atoms with Gasteiger partial charge in [0.2, 0.25) is 0 Å². The van der Waals surface area contributed by atoms with Gasteiger partial charge < -0.3 is 33.2 Å². The van der Waals surface area contributed by atoms with Crippen molar-refractivity contribution >= 4 is 14.5 Å². The zero-order chi connectivity index (χ0) is 21.7. The first kappa shape index (κ1) is 21.7. The lowest BCUT2D eigenvalue weighted by atomic mass is 9.82. The summed E-state index contributed by atoms with van der Waals surface area (Å²) in [7, 11) is -2.21. The average molecular weight is 439 g/mol. The second kappa shape index (κ2) is 7.89. The molecule has 1 saturated carbocycles. The molecule has 1 aliphatic carbocycles. The predicted molar refractivity (Wildman–Crippen MR) is 108 cm³/mol. The Morgan fingerprint density at radius 3 is 2.27 bits per heavy atom. The number of carbonyl (C=O) groups is 1. The molecule has 9 heteroatoms. The number of rotatable bonds is 5. The first-order valence-corrected chi connectivity index (χ1v) is 13.2. The normalized spacial score (nSPS) is 35.3. The van der Waals surface area contributed by atoms with Crippen LogP contribution in [0.25, 0.3) is 0 Å². The van der Waals surface area contributed by atoms with Crippen LogP contribution < -0.4 is 0 Å². The van der Waals surface area contributed by atoms with Crippen LogP contribution in [0.5, 0.6) is 0 Å². The number of carbonyl (C=O) groups excluding carboxylic acids is 1. The summed E-state index contributed by atoms with van der Waals surface area (Å²) in [6.45, 7) is 9.82. The van der Waals surface area contributed by atoms with Crippen molar-refractivity contribution in [3.8, 4) is 0 Å². The number of aliphatic hydroxyl groups is 1. The highest BCUT2D eigenvalue weighted by Gasteiger charge is 2.64. The highest BCUT2D eigenvalue weighted by Crippen LogP contribution is 2.46. The number of benzene rings is 1. The van der Waals surface area contributed by atoms with Gasteiger partial charge >= 0.3 is 6.16 Å². The van der Waals surface area contributed by atoms with Crippen LogP contribution in [0.2, 0.25) is 18.1 Å². The van der Waals surface area contributed by atoms with Crippen molar-refractivity contribution in [2.75, 3.05) is 0 Å². The highest BCUT2D eigenvalue weighted by atomic mass is 28.4. The lowest BCUT2D eigenvalue weighted by Crippen LogP contribution is -2.77. The van der Waals surface area contributed by atoms with E-state index in [2.05, 4.69) is 33.9 Å². The molecular formula is C21H30O8Si. The van der Waals surface area contributed by atoms with Gasteiger partial charge in [-0.25, -0.2) is 4.79 Å². The van der Waals surface area contributed by atoms with Gasteiger partial charge in [-0.3, -0.25) is 0 Å². The first-order chi connectivity index (χ1) is 14.1. The van der Waals surface area contributed by atoms with Crippen molar-refractivity contribution in [2.24, 2.45) is 0 Å². The predicted octanol–water partition coefficient (Wildman–Crippen LogP) is 2.94. The molecule has 166 valence electrons. The van der Waals surface area contributed by atoms with Crippen molar-refractivity contribution in [1.29, 1.82) is 0 Å². The van der Waals surface area contributed by atoms with Gasteiger partial charge in [-0.1, -0.05) is 51.1 Å². The smallest absolute Gasteiger partial charge is 0.429 e. The third-order valence-corrected chi connectivity index (χ3v) is 10.9. The zero-order valence-electron chi connectivity index (χ0n) is 17.9. The van der Waals surface area contributed by atoms with Crippen molar-refractivity contribution in [2.45, 2.75) is 88.6 Å². The summed E-state index contributed by atoms with van der Waals surface area (Å²) >= 11 is 0. The maximum absolute atomic E-state index is 12.4. The number of ether oxygens (including phenoxy) is 5. The van der Waals surface area contributed by atoms with Crippen molar-refractivity contribution in [1.82, 2.24) is 0 Å². The van der Waals surface area contributed by atoms with E-state index in [1.54, 1.807) is 0 Å². The largest absolute Gasteiger partial charge is 0.509 e. The number of hydrogen-bond donors (Lipinski definition) is 1. The maximum Gasteiger partial charge on any atom is 0.509 e. The van der Waals surface area contributed by atoms with Crippen molar-refractivity contribution < 1.29 is 38.0 Å². The van der Waals surface area contributed by atoms with Crippen LogP contribution in [0.1, 0.15) is 26.3 Å². The molecule has 1 aromatic carbocycles. The Hall–Kier alpha value is -1.49. The Labute approximate surface area is 177 Å². The second-order valence-corrected chi connectivity index (χ2v) is 14.3. The topological polar surface area (TPSA) is 92.7 Å². The van der Waals surface area contributed by atoms with E-state index >= 15 is 0 Å². The summed E-state index contributed by atoms with van der Waals surface area (Å²) in [4.78, 5) is 12.4. The molecule has 3 saturated heterocycles. The fourth-order valence-electron chi connectivity index (χ4n) is 3.74. The average Bonchev–Trinajstić information content (AvgIpc) is 2.68. The van der Waals surface area contributed by atoms with Crippen LogP contribution >= 0.6 is 0 Å². The van der Waals surface area contributed by atoms with Crippen molar-refractivity contribution in [3.05, 3.63) is 35.9 Å². The molecule has 7 atom stereocenters. The molecule has 5 rings (SSSR count). The van der Waals surface area contributed by atoms with Crippen LogP contribution in [0, 0.1) is 0 Å². The van der Waals surface area contributed by atoms with Crippen LogP contribution in [-0.4, -0.2) is 62.7 Å². The Morgan fingerprint density at radius 2 is 1.63 bits per heavy atom. The molecule has 0 amide bonds. The third kappa shape index (κ3) is 4.02. The lowest BCUT2D eigenvalue weighted by molar-refractivity contribution is -0.479. The Morgan fingerprint density at radius 1 is 1.03 bits per heavy atom. The summed E-state index contributed by atoms with van der Waals surface area (Å²) in [6, 6.07) is 9.32. The third-order valence-electron chi connectivity index (χ3n) is 6.44. The van der Waals surface area contributed by atoms with Gasteiger partial charge in [0.25, 0.3) is 6.48 Å². The van der Waals surface area contributed by atoms with Crippen LogP contribution in [-0.2, 0) is 34.7 Å². The molecule has 3 heterocycles. The van der Waals surface area contributed by atoms with Crippen LogP contribution in [0.4, 0.5) is 4.79 Å². The van der Waals surface area contributed by atoms with E-state index in [9.17, 15) is 9.90 Å². The lowest BCUT2D eigenvalue weighted by Gasteiger charge is -2.58.